The molecule has 1 aromatic heterocycles. The highest BCUT2D eigenvalue weighted by atomic mass is 35.5. The number of nitrogens with zero attached hydrogens (tertiary/aromatic N) is 5. The summed E-state index contributed by atoms with van der Waals surface area (Å²) in [6, 6.07) is 23.0. The molecule has 3 N–H and O–H groups in total. The lowest BCUT2D eigenvalue weighted by atomic mass is 9.84. The number of rotatable bonds is 12. The number of nitriles is 1. The molecule has 5 rings (SSSR count). The number of amides is 3. The zero-order chi connectivity index (χ0) is 39.4. The molecule has 3 atom stereocenters. The first-order valence-corrected chi connectivity index (χ1v) is 18.7. The predicted octanol–water partition coefficient (Wildman–Crippen LogP) is 8.08. The van der Waals surface area contributed by atoms with Gasteiger partial charge in [-0.25, -0.2) is 9.78 Å². The number of fused-ring (bicyclic) bond motifs is 1. The maximum Gasteiger partial charge on any atom is 0.408 e. The summed E-state index contributed by atoms with van der Waals surface area (Å²) < 4.78 is 1.90. The quantitative estimate of drug-likeness (QED) is 0.0981. The summed E-state index contributed by atoms with van der Waals surface area (Å²) in [5, 5.41) is 27.2. The van der Waals surface area contributed by atoms with Gasteiger partial charge in [-0.15, -0.1) is 0 Å². The van der Waals surface area contributed by atoms with Gasteiger partial charge in [-0.3, -0.25) is 19.8 Å². The third kappa shape index (κ3) is 9.12. The minimum atomic E-state index is -1.02. The van der Waals surface area contributed by atoms with Gasteiger partial charge in [0.2, 0.25) is 5.95 Å². The second-order valence-corrected chi connectivity index (χ2v) is 16.1. The third-order valence-corrected chi connectivity index (χ3v) is 10.8. The molecule has 1 aliphatic rings. The lowest BCUT2D eigenvalue weighted by molar-refractivity contribution is -0.127. The van der Waals surface area contributed by atoms with E-state index in [1.807, 2.05) is 94.6 Å². The number of imidazole rings is 1. The highest BCUT2D eigenvalue weighted by molar-refractivity contribution is 6.30. The van der Waals surface area contributed by atoms with E-state index in [0.29, 0.717) is 47.6 Å². The van der Waals surface area contributed by atoms with Gasteiger partial charge >= 0.3 is 6.09 Å². The maximum absolute atomic E-state index is 13.8. The zero-order valence-electron chi connectivity index (χ0n) is 32.1. The van der Waals surface area contributed by atoms with Crippen LogP contribution in [0.4, 0.5) is 10.7 Å². The van der Waals surface area contributed by atoms with E-state index in [1.54, 1.807) is 42.3 Å². The van der Waals surface area contributed by atoms with Crippen LogP contribution in [0.15, 0.2) is 84.4 Å². The number of anilines is 1. The van der Waals surface area contributed by atoms with Gasteiger partial charge in [-0.2, -0.15) is 5.26 Å². The topological polar surface area (TPSA) is 144 Å². The van der Waals surface area contributed by atoms with E-state index in [1.165, 1.54) is 4.90 Å². The number of hydrogen-bond acceptors (Lipinski definition) is 6. The van der Waals surface area contributed by atoms with Crippen molar-refractivity contribution in [1.29, 1.82) is 5.26 Å². The van der Waals surface area contributed by atoms with E-state index in [2.05, 4.69) is 16.7 Å². The number of carbonyl (C=O) groups is 3. The molecule has 11 nitrogen and oxygen atoms in total. The average Bonchev–Trinajstić information content (AvgIpc) is 3.74. The molecule has 0 spiro atoms. The van der Waals surface area contributed by atoms with E-state index in [4.69, 9.17) is 16.6 Å². The van der Waals surface area contributed by atoms with E-state index in [-0.39, 0.29) is 40.8 Å². The molecular formula is C42H50ClN7O4. The van der Waals surface area contributed by atoms with Gasteiger partial charge in [0.25, 0.3) is 11.8 Å². The molecule has 1 aliphatic heterocycles. The molecule has 54 heavy (non-hydrogen) atoms. The first kappa shape index (κ1) is 40.0. The van der Waals surface area contributed by atoms with Crippen LogP contribution in [0.2, 0.25) is 5.02 Å². The van der Waals surface area contributed by atoms with Gasteiger partial charge < -0.3 is 19.9 Å². The summed E-state index contributed by atoms with van der Waals surface area (Å²) in [6.45, 7) is 12.6. The lowest BCUT2D eigenvalue weighted by Gasteiger charge is -2.41. The molecule has 0 saturated carbocycles. The van der Waals surface area contributed by atoms with Gasteiger partial charge in [-0.1, -0.05) is 68.8 Å². The fourth-order valence-corrected chi connectivity index (χ4v) is 6.97. The van der Waals surface area contributed by atoms with Crippen LogP contribution in [0, 0.1) is 16.7 Å². The normalized spacial score (nSPS) is 16.2. The SMILES string of the molecule is CNC(C)(C)C=C(C#N)C(=O)N1CCCC1Cn1c(NC(=O)c2ccc(Cl)cc2)nc2cc(C(Cc3ccccc3)N(C(=O)O)[C@@H](C)C(C)(C)C)ccc21. The van der Waals surface area contributed by atoms with Crippen molar-refractivity contribution in [2.24, 2.45) is 5.41 Å². The van der Waals surface area contributed by atoms with Crippen molar-refractivity contribution in [3.63, 3.8) is 0 Å². The van der Waals surface area contributed by atoms with Crippen LogP contribution in [-0.2, 0) is 17.8 Å². The smallest absolute Gasteiger partial charge is 0.408 e. The molecule has 1 fully saturated rings. The highest BCUT2D eigenvalue weighted by Crippen LogP contribution is 2.36. The van der Waals surface area contributed by atoms with E-state index in [9.17, 15) is 24.8 Å². The van der Waals surface area contributed by atoms with Crippen LogP contribution in [0.1, 0.15) is 81.9 Å². The van der Waals surface area contributed by atoms with E-state index < -0.39 is 17.7 Å². The second-order valence-electron chi connectivity index (χ2n) is 15.6. The summed E-state index contributed by atoms with van der Waals surface area (Å²) in [4.78, 5) is 48.6. The van der Waals surface area contributed by atoms with Crippen LogP contribution >= 0.6 is 11.6 Å². The van der Waals surface area contributed by atoms with Crippen LogP contribution < -0.4 is 10.6 Å². The van der Waals surface area contributed by atoms with Crippen molar-refractivity contribution >= 4 is 46.5 Å². The summed E-state index contributed by atoms with van der Waals surface area (Å²) in [6.07, 6.45) is 2.53. The molecular weight excluding hydrogens is 702 g/mol. The van der Waals surface area contributed by atoms with Crippen molar-refractivity contribution in [2.75, 3.05) is 18.9 Å². The van der Waals surface area contributed by atoms with Crippen molar-refractivity contribution < 1.29 is 19.5 Å². The standard InChI is InChI=1S/C42H50ClN7O4/c1-27(41(2,3)4)50(40(53)54)36(22-28-12-9-8-10-13-28)30-17-20-35-34(23-30)46-39(47-37(51)29-15-18-32(43)19-16-29)49(35)26-33-14-11-21-48(33)38(52)31(25-44)24-42(5,6)45-7/h8-10,12-13,15-20,23-24,27,33,36,45H,11,14,21-22,26H2,1-7H3,(H,53,54)(H,46,47,51)/t27-,33?,36?/m0/s1. The van der Waals surface area contributed by atoms with Crippen molar-refractivity contribution in [2.45, 2.75) is 91.0 Å². The molecule has 0 aliphatic carbocycles. The molecule has 284 valence electrons. The third-order valence-electron chi connectivity index (χ3n) is 10.5. The summed E-state index contributed by atoms with van der Waals surface area (Å²) in [5.41, 5.74) is 2.58. The van der Waals surface area contributed by atoms with Gasteiger partial charge in [-0.05, 0) is 106 Å². The van der Waals surface area contributed by atoms with Crippen LogP contribution in [-0.4, -0.2) is 73.6 Å². The number of hydrogen-bond donors (Lipinski definition) is 3. The number of aromatic nitrogens is 2. The molecule has 3 amide bonds. The summed E-state index contributed by atoms with van der Waals surface area (Å²) in [5.74, 6) is -0.441. The Morgan fingerprint density at radius 2 is 1.76 bits per heavy atom. The Bertz CT molecular complexity index is 2060. The second kappa shape index (κ2) is 16.5. The average molecular weight is 752 g/mol. The van der Waals surface area contributed by atoms with E-state index >= 15 is 0 Å². The van der Waals surface area contributed by atoms with Crippen LogP contribution in [0.3, 0.4) is 0 Å². The van der Waals surface area contributed by atoms with E-state index in [0.717, 1.165) is 17.5 Å². The zero-order valence-corrected chi connectivity index (χ0v) is 32.8. The number of likely N-dealkylation sites (tertiary alicyclic amines) is 1. The molecule has 0 bridgehead atoms. The summed E-state index contributed by atoms with van der Waals surface area (Å²) >= 11 is 6.10. The number of benzene rings is 3. The predicted molar refractivity (Wildman–Crippen MR) is 212 cm³/mol. The van der Waals surface area contributed by atoms with Gasteiger partial charge in [0.1, 0.15) is 11.6 Å². The molecule has 2 heterocycles. The summed E-state index contributed by atoms with van der Waals surface area (Å²) in [7, 11) is 1.78. The first-order chi connectivity index (χ1) is 25.5. The molecule has 1 saturated heterocycles. The lowest BCUT2D eigenvalue weighted by Crippen LogP contribution is -2.47. The Morgan fingerprint density at radius 1 is 1.07 bits per heavy atom. The molecule has 12 heteroatoms. The van der Waals surface area contributed by atoms with Gasteiger partial charge in [0.15, 0.2) is 0 Å². The Balaban J connectivity index is 1.60. The molecule has 4 aromatic rings. The van der Waals surface area contributed by atoms with Crippen molar-refractivity contribution in [3.05, 3.63) is 106 Å². The Kier molecular flexibility index (Phi) is 12.2. The maximum atomic E-state index is 13.8. The van der Waals surface area contributed by atoms with Crippen LogP contribution in [0.25, 0.3) is 11.0 Å². The largest absolute Gasteiger partial charge is 0.465 e. The fraction of sp³-hybridized carbons (Fsp3) is 0.405. The Hall–Kier alpha value is -5.18. The minimum Gasteiger partial charge on any atom is -0.465 e. The first-order valence-electron chi connectivity index (χ1n) is 18.3. The number of likely N-dealkylation sites (N-methyl/N-ethyl adjacent to an activating group) is 1. The molecule has 3 aromatic carbocycles. The monoisotopic (exact) mass is 751 g/mol. The Morgan fingerprint density at radius 3 is 2.37 bits per heavy atom. The Labute approximate surface area is 322 Å². The van der Waals surface area contributed by atoms with Crippen molar-refractivity contribution in [3.8, 4) is 6.07 Å². The number of carboxylic acid groups (broad SMARTS) is 1. The van der Waals surface area contributed by atoms with Gasteiger partial charge in [0, 0.05) is 35.3 Å². The van der Waals surface area contributed by atoms with Crippen molar-refractivity contribution in [1.82, 2.24) is 24.7 Å². The molecule has 2 unspecified atom stereocenters. The fourth-order valence-electron chi connectivity index (χ4n) is 6.84. The number of halogens is 1. The molecule has 0 radical (unpaired) electrons. The number of nitrogens with one attached hydrogen (secondary N) is 2. The van der Waals surface area contributed by atoms with Crippen LogP contribution in [0.5, 0.6) is 0 Å². The minimum absolute atomic E-state index is 0.0644. The number of carbonyl (C=O) groups excluding carboxylic acids is 2. The highest BCUT2D eigenvalue weighted by Gasteiger charge is 2.37. The van der Waals surface area contributed by atoms with Gasteiger partial charge in [0.05, 0.1) is 23.1 Å².